The monoisotopic (exact) mass is 563 g/mol. The molecule has 1 aromatic rings. The summed E-state index contributed by atoms with van der Waals surface area (Å²) in [5.74, 6) is 1.07. The minimum atomic E-state index is -0.455. The summed E-state index contributed by atoms with van der Waals surface area (Å²) >= 11 is 0. The lowest BCUT2D eigenvalue weighted by molar-refractivity contribution is -0.100. The van der Waals surface area contributed by atoms with Gasteiger partial charge in [0.15, 0.2) is 5.82 Å². The van der Waals surface area contributed by atoms with Gasteiger partial charge in [0, 0.05) is 63.1 Å². The largest absolute Gasteiger partial charge is 0.444 e. The molecule has 0 radical (unpaired) electrons. The van der Waals surface area contributed by atoms with Crippen molar-refractivity contribution in [1.82, 2.24) is 19.6 Å². The molecule has 2 atom stereocenters. The predicted octanol–water partition coefficient (Wildman–Crippen LogP) is 4.04. The number of likely N-dealkylation sites (tertiary alicyclic amines) is 1. The summed E-state index contributed by atoms with van der Waals surface area (Å²) < 4.78 is 25.1. The van der Waals surface area contributed by atoms with E-state index in [1.165, 1.54) is 11.3 Å². The first-order valence-corrected chi connectivity index (χ1v) is 15.1. The van der Waals surface area contributed by atoms with Crippen LogP contribution in [0, 0.1) is 19.3 Å². The van der Waals surface area contributed by atoms with Gasteiger partial charge in [0.2, 0.25) is 0 Å². The molecule has 4 fully saturated rings. The number of aromatic nitrogens is 2. The van der Waals surface area contributed by atoms with Crippen LogP contribution >= 0.6 is 0 Å². The van der Waals surface area contributed by atoms with Crippen molar-refractivity contribution in [3.63, 3.8) is 0 Å². The van der Waals surface area contributed by atoms with E-state index >= 15 is 0 Å². The second kappa shape index (κ2) is 12.2. The predicted molar refractivity (Wildman–Crippen MR) is 156 cm³/mol. The highest BCUT2D eigenvalue weighted by Crippen LogP contribution is 2.54. The van der Waals surface area contributed by atoms with Gasteiger partial charge in [0.05, 0.1) is 44.1 Å². The number of carbonyl (C=O) groups excluding carboxylic acids is 1. The molecule has 10 heteroatoms. The van der Waals surface area contributed by atoms with Gasteiger partial charge in [0.25, 0.3) is 0 Å². The Hall–Kier alpha value is -1.88. The van der Waals surface area contributed by atoms with Crippen LogP contribution in [0.5, 0.6) is 0 Å². The van der Waals surface area contributed by atoms with E-state index in [9.17, 15) is 4.79 Å². The fraction of sp³-hybridized carbons (Fsp3) is 0.867. The summed E-state index contributed by atoms with van der Waals surface area (Å²) in [6.45, 7) is 24.3. The third-order valence-electron chi connectivity index (χ3n) is 8.73. The summed E-state index contributed by atoms with van der Waals surface area (Å²) in [5, 5.41) is 5.22. The Morgan fingerprint density at radius 3 is 2.40 bits per heavy atom. The number of hydrogen-bond acceptors (Lipinski definition) is 8. The molecule has 1 aliphatic carbocycles. The standard InChI is InChI=1S/C28H47N5O5.C2H6/c1-20-21(2)33(22-12-28(13-22)17-31(18-28)25(34)38-26(3,4)5)29-24(20)32-9-8-30(16-27(32,6)19-35-7)14-23-15-36-10-11-37-23;1-2/h22-23H,8-19H2,1-7H3;1-2H3/t23?,27-;/m1./s1. The molecule has 1 saturated carbocycles. The van der Waals surface area contributed by atoms with Crippen molar-refractivity contribution in [1.29, 1.82) is 0 Å². The second-order valence-electron chi connectivity index (χ2n) is 13.3. The summed E-state index contributed by atoms with van der Waals surface area (Å²) in [6.07, 6.45) is 2.05. The quantitative estimate of drug-likeness (QED) is 0.513. The zero-order valence-electron chi connectivity index (χ0n) is 26.4. The van der Waals surface area contributed by atoms with Crippen LogP contribution in [-0.2, 0) is 18.9 Å². The molecular weight excluding hydrogens is 510 g/mol. The highest BCUT2D eigenvalue weighted by atomic mass is 16.6. The Labute approximate surface area is 241 Å². The molecule has 1 spiro atoms. The Kier molecular flexibility index (Phi) is 9.44. The lowest BCUT2D eigenvalue weighted by Gasteiger charge is -2.58. The summed E-state index contributed by atoms with van der Waals surface area (Å²) in [6, 6.07) is 0.377. The van der Waals surface area contributed by atoms with Gasteiger partial charge in [0.1, 0.15) is 5.60 Å². The molecule has 10 nitrogen and oxygen atoms in total. The normalized spacial score (nSPS) is 27.1. The fourth-order valence-electron chi connectivity index (χ4n) is 6.83. The number of anilines is 1. The molecule has 1 unspecified atom stereocenters. The number of piperazine rings is 1. The average molecular weight is 564 g/mol. The highest BCUT2D eigenvalue weighted by molar-refractivity contribution is 5.69. The molecule has 4 heterocycles. The van der Waals surface area contributed by atoms with Crippen molar-refractivity contribution in [2.75, 3.05) is 77.7 Å². The third-order valence-corrected chi connectivity index (χ3v) is 8.73. The first-order chi connectivity index (χ1) is 18.9. The molecule has 3 saturated heterocycles. The smallest absolute Gasteiger partial charge is 0.410 e. The van der Waals surface area contributed by atoms with Gasteiger partial charge >= 0.3 is 6.09 Å². The van der Waals surface area contributed by atoms with Crippen LogP contribution < -0.4 is 4.90 Å². The maximum Gasteiger partial charge on any atom is 0.410 e. The van der Waals surface area contributed by atoms with Gasteiger partial charge in [-0.25, -0.2) is 4.79 Å². The Balaban J connectivity index is 0.00000181. The van der Waals surface area contributed by atoms with E-state index in [0.717, 1.165) is 57.9 Å². The molecule has 1 aromatic heterocycles. The molecule has 1 amide bonds. The zero-order valence-corrected chi connectivity index (χ0v) is 26.4. The van der Waals surface area contributed by atoms with E-state index in [2.05, 4.69) is 35.3 Å². The summed E-state index contributed by atoms with van der Waals surface area (Å²) in [4.78, 5) is 19.2. The van der Waals surface area contributed by atoms with Crippen LogP contribution in [0.25, 0.3) is 0 Å². The number of hydrogen-bond donors (Lipinski definition) is 0. The molecule has 4 aliphatic rings. The van der Waals surface area contributed by atoms with Crippen LogP contribution in [0.2, 0.25) is 0 Å². The molecule has 40 heavy (non-hydrogen) atoms. The number of methoxy groups -OCH3 is 1. The minimum absolute atomic E-state index is 0.133. The molecule has 0 N–H and O–H groups in total. The summed E-state index contributed by atoms with van der Waals surface area (Å²) in [7, 11) is 1.78. The van der Waals surface area contributed by atoms with Crippen LogP contribution in [-0.4, -0.2) is 116 Å². The van der Waals surface area contributed by atoms with Crippen molar-refractivity contribution in [2.45, 2.75) is 91.5 Å². The SMILES string of the molecule is CC.COC[C@@]1(C)CN(CC2COCCO2)CCN1c1nn(C2CC3(C2)CN(C(=O)OC(C)(C)C)C3)c(C)c1C. The van der Waals surface area contributed by atoms with E-state index < -0.39 is 5.60 Å². The first kappa shape index (κ1) is 31.1. The highest BCUT2D eigenvalue weighted by Gasteiger charge is 2.55. The van der Waals surface area contributed by atoms with Crippen molar-refractivity contribution in [3.05, 3.63) is 11.3 Å². The molecule has 3 aliphatic heterocycles. The second-order valence-corrected chi connectivity index (χ2v) is 13.3. The van der Waals surface area contributed by atoms with Gasteiger partial charge in [-0.2, -0.15) is 5.10 Å². The number of nitrogens with zero attached hydrogens (tertiary/aromatic N) is 5. The van der Waals surface area contributed by atoms with E-state index in [0.29, 0.717) is 32.5 Å². The molecule has 0 aromatic carbocycles. The van der Waals surface area contributed by atoms with Crippen molar-refractivity contribution < 1.29 is 23.7 Å². The van der Waals surface area contributed by atoms with Crippen LogP contribution in [0.4, 0.5) is 10.6 Å². The molecular formula is C30H53N5O5. The van der Waals surface area contributed by atoms with Gasteiger partial charge in [-0.15, -0.1) is 0 Å². The van der Waals surface area contributed by atoms with Gasteiger partial charge in [-0.05, 0) is 54.4 Å². The Morgan fingerprint density at radius 2 is 1.80 bits per heavy atom. The van der Waals surface area contributed by atoms with Crippen LogP contribution in [0.15, 0.2) is 0 Å². The zero-order chi connectivity index (χ0) is 29.3. The Morgan fingerprint density at radius 1 is 1.10 bits per heavy atom. The van der Waals surface area contributed by atoms with Crippen LogP contribution in [0.1, 0.15) is 71.7 Å². The Bertz CT molecular complexity index is 1000. The van der Waals surface area contributed by atoms with E-state index in [1.807, 2.05) is 39.5 Å². The number of ether oxygens (including phenoxy) is 4. The van der Waals surface area contributed by atoms with Gasteiger partial charge in [-0.1, -0.05) is 13.8 Å². The number of rotatable bonds is 6. The van der Waals surface area contributed by atoms with Crippen molar-refractivity contribution in [3.8, 4) is 0 Å². The third kappa shape index (κ3) is 6.45. The lowest BCUT2D eigenvalue weighted by Crippen LogP contribution is -2.64. The number of carbonyl (C=O) groups is 1. The van der Waals surface area contributed by atoms with E-state index in [4.69, 9.17) is 24.0 Å². The summed E-state index contributed by atoms with van der Waals surface area (Å²) in [5.41, 5.74) is 2.05. The average Bonchev–Trinajstić information content (AvgIpc) is 3.12. The molecule has 5 rings (SSSR count). The van der Waals surface area contributed by atoms with Crippen molar-refractivity contribution in [2.24, 2.45) is 5.41 Å². The molecule has 228 valence electrons. The van der Waals surface area contributed by atoms with E-state index in [-0.39, 0.29) is 23.2 Å². The number of amides is 1. The maximum absolute atomic E-state index is 12.4. The lowest BCUT2D eigenvalue weighted by atomic mass is 9.61. The van der Waals surface area contributed by atoms with E-state index in [1.54, 1.807) is 7.11 Å². The van der Waals surface area contributed by atoms with Gasteiger partial charge in [-0.3, -0.25) is 9.58 Å². The minimum Gasteiger partial charge on any atom is -0.444 e. The van der Waals surface area contributed by atoms with Gasteiger partial charge < -0.3 is 28.7 Å². The maximum atomic E-state index is 12.4. The topological polar surface area (TPSA) is 81.5 Å². The first-order valence-electron chi connectivity index (χ1n) is 15.1. The fourth-order valence-corrected chi connectivity index (χ4v) is 6.83. The van der Waals surface area contributed by atoms with Crippen LogP contribution in [0.3, 0.4) is 0 Å². The van der Waals surface area contributed by atoms with Crippen molar-refractivity contribution >= 4 is 11.9 Å². The molecule has 0 bridgehead atoms.